The zero-order chi connectivity index (χ0) is 28.4. The molecule has 0 spiro atoms. The Bertz CT molecular complexity index is 1060. The van der Waals surface area contributed by atoms with E-state index in [1.54, 1.807) is 24.5 Å². The van der Waals surface area contributed by atoms with Crippen LogP contribution in [0.25, 0.3) is 0 Å². The highest BCUT2D eigenvalue weighted by Crippen LogP contribution is 2.27. The molecule has 3 rings (SSSR count). The molecule has 0 aliphatic heterocycles. The summed E-state index contributed by atoms with van der Waals surface area (Å²) in [5.41, 5.74) is 17.1. The molecule has 3 unspecified atom stereocenters. The number of nitrogens with zero attached hydrogens (tertiary/aromatic N) is 2. The second kappa shape index (κ2) is 14.4. The molecule has 0 fully saturated rings. The van der Waals surface area contributed by atoms with Gasteiger partial charge < -0.3 is 26.0 Å². The number of hydrazine groups is 1. The van der Waals surface area contributed by atoms with Crippen molar-refractivity contribution in [3.8, 4) is 5.75 Å². The number of hydrogen-bond acceptors (Lipinski definition) is 8. The number of nitrogens with one attached hydrogen (secondary N) is 1. The summed E-state index contributed by atoms with van der Waals surface area (Å²) in [5, 5.41) is 12.7. The maximum atomic E-state index is 13.0. The molecule has 2 aromatic rings. The molecule has 1 aromatic heterocycles. The Balaban J connectivity index is 1.62. The minimum absolute atomic E-state index is 0.176. The number of ether oxygens (including phenoxy) is 2. The number of aliphatic hydroxyl groups is 1. The van der Waals surface area contributed by atoms with Crippen molar-refractivity contribution in [3.05, 3.63) is 71.8 Å². The molecular formula is C30H45N5O4. The molecule has 0 bridgehead atoms. The molecule has 4 atom stereocenters. The number of amides is 1. The second-order valence-electron chi connectivity index (χ2n) is 11.5. The number of rotatable bonds is 13. The third-order valence-corrected chi connectivity index (χ3v) is 7.16. The Kier molecular flexibility index (Phi) is 11.3. The van der Waals surface area contributed by atoms with Gasteiger partial charge in [-0.05, 0) is 60.4 Å². The Morgan fingerprint density at radius 3 is 2.54 bits per heavy atom. The zero-order valence-electron chi connectivity index (χ0n) is 23.7. The van der Waals surface area contributed by atoms with Crippen LogP contribution in [-0.2, 0) is 22.7 Å². The van der Waals surface area contributed by atoms with Gasteiger partial charge in [0.05, 0.1) is 25.0 Å². The summed E-state index contributed by atoms with van der Waals surface area (Å²) in [4.78, 5) is 17.1. The number of carbonyl (C=O) groups is 1. The Morgan fingerprint density at radius 2 is 1.95 bits per heavy atom. The first-order valence-electron chi connectivity index (χ1n) is 13.6. The topological polar surface area (TPSA) is 136 Å². The lowest BCUT2D eigenvalue weighted by molar-refractivity contribution is -0.130. The van der Waals surface area contributed by atoms with E-state index >= 15 is 0 Å². The average molecular weight is 540 g/mol. The van der Waals surface area contributed by atoms with Crippen LogP contribution in [0.5, 0.6) is 5.75 Å². The van der Waals surface area contributed by atoms with Gasteiger partial charge in [-0.15, -0.1) is 0 Å². The van der Waals surface area contributed by atoms with Crippen molar-refractivity contribution >= 4 is 5.91 Å². The van der Waals surface area contributed by atoms with Crippen molar-refractivity contribution in [2.24, 2.45) is 22.8 Å². The number of methoxy groups -OCH3 is 1. The number of nitrogens with two attached hydrogens (primary N) is 2. The van der Waals surface area contributed by atoms with Crippen LogP contribution in [0.4, 0.5) is 0 Å². The van der Waals surface area contributed by atoms with E-state index in [-0.39, 0.29) is 12.5 Å². The summed E-state index contributed by atoms with van der Waals surface area (Å²) < 4.78 is 11.2. The third-order valence-electron chi connectivity index (χ3n) is 7.16. The second-order valence-corrected chi connectivity index (χ2v) is 11.5. The maximum absolute atomic E-state index is 13.0. The largest absolute Gasteiger partial charge is 0.501 e. The summed E-state index contributed by atoms with van der Waals surface area (Å²) in [7, 11) is 1.69. The number of aromatic nitrogens is 1. The van der Waals surface area contributed by atoms with Crippen LogP contribution >= 0.6 is 0 Å². The van der Waals surface area contributed by atoms with E-state index in [0.717, 1.165) is 41.9 Å². The molecule has 39 heavy (non-hydrogen) atoms. The van der Waals surface area contributed by atoms with Crippen molar-refractivity contribution in [2.45, 2.75) is 77.8 Å². The Labute approximate surface area is 232 Å². The standard InChI is InChI=1S/C30H45N5O4/c1-30(2,3)28(32)29(37)34-35(19-27(36)26(31)16-21-7-11-24(38-4)12-8-21)18-22-9-13-25(14-10-22)39-20-23-6-5-15-33-17-23/h5-6,9-11,13-15,17,21,26-28,36H,7-8,12,16,18-20,31-32H2,1-4H3,(H,34,37)/t21-,26?,27?,28?/m1/s1. The number of aliphatic hydroxyl groups excluding tert-OH is 1. The molecule has 214 valence electrons. The smallest absolute Gasteiger partial charge is 0.251 e. The molecule has 6 N–H and O–H groups in total. The van der Waals surface area contributed by atoms with Crippen LogP contribution in [-0.4, -0.2) is 52.8 Å². The number of pyridine rings is 1. The van der Waals surface area contributed by atoms with Crippen LogP contribution in [0, 0.1) is 11.3 Å². The zero-order valence-corrected chi connectivity index (χ0v) is 23.7. The van der Waals surface area contributed by atoms with E-state index in [2.05, 4.69) is 16.5 Å². The highest BCUT2D eigenvalue weighted by molar-refractivity contribution is 5.81. The third kappa shape index (κ3) is 9.93. The van der Waals surface area contributed by atoms with Crippen LogP contribution in [0.2, 0.25) is 0 Å². The fraction of sp³-hybridized carbons (Fsp3) is 0.533. The van der Waals surface area contributed by atoms with E-state index in [9.17, 15) is 9.90 Å². The molecule has 1 aromatic carbocycles. The fourth-order valence-electron chi connectivity index (χ4n) is 4.50. The minimum atomic E-state index is -0.828. The molecule has 0 radical (unpaired) electrons. The van der Waals surface area contributed by atoms with Crippen LogP contribution in [0.15, 0.2) is 60.6 Å². The fourth-order valence-corrected chi connectivity index (χ4v) is 4.50. The van der Waals surface area contributed by atoms with Gasteiger partial charge in [-0.2, -0.15) is 0 Å². The normalized spacial score (nSPS) is 18.2. The summed E-state index contributed by atoms with van der Waals surface area (Å²) in [6.45, 7) is 6.74. The van der Waals surface area contributed by atoms with Gasteiger partial charge in [0.15, 0.2) is 0 Å². The number of carbonyl (C=O) groups excluding carboxylic acids is 1. The lowest BCUT2D eigenvalue weighted by atomic mass is 9.86. The van der Waals surface area contributed by atoms with Gasteiger partial charge in [0, 0.05) is 43.5 Å². The van der Waals surface area contributed by atoms with E-state index in [1.165, 1.54) is 0 Å². The van der Waals surface area contributed by atoms with Gasteiger partial charge in [0.1, 0.15) is 12.4 Å². The number of hydrogen-bond donors (Lipinski definition) is 4. The quantitative estimate of drug-likeness (QED) is 0.285. The van der Waals surface area contributed by atoms with Gasteiger partial charge in [0.2, 0.25) is 0 Å². The number of allylic oxidation sites excluding steroid dienone is 2. The first-order chi connectivity index (χ1) is 18.5. The predicted molar refractivity (Wildman–Crippen MR) is 152 cm³/mol. The highest BCUT2D eigenvalue weighted by Gasteiger charge is 2.30. The number of benzene rings is 1. The molecule has 9 heteroatoms. The van der Waals surface area contributed by atoms with Gasteiger partial charge in [-0.3, -0.25) is 15.2 Å². The highest BCUT2D eigenvalue weighted by atomic mass is 16.5. The SMILES string of the molecule is COC1=CC[C@@H](CC(N)C(O)CN(Cc2ccc(OCc3cccnc3)cc2)NC(=O)C(N)C(C)(C)C)CC1. The molecule has 9 nitrogen and oxygen atoms in total. The maximum Gasteiger partial charge on any atom is 0.251 e. The van der Waals surface area contributed by atoms with Crippen molar-refractivity contribution in [1.29, 1.82) is 0 Å². The van der Waals surface area contributed by atoms with Crippen molar-refractivity contribution in [2.75, 3.05) is 13.7 Å². The molecule has 0 saturated carbocycles. The van der Waals surface area contributed by atoms with Gasteiger partial charge >= 0.3 is 0 Å². The molecular weight excluding hydrogens is 494 g/mol. The van der Waals surface area contributed by atoms with Crippen LogP contribution in [0.1, 0.15) is 57.6 Å². The monoisotopic (exact) mass is 539 g/mol. The lowest BCUT2D eigenvalue weighted by Crippen LogP contribution is -2.56. The Hall–Kier alpha value is -2.98. The molecule has 1 heterocycles. The summed E-state index contributed by atoms with van der Waals surface area (Å²) >= 11 is 0. The van der Waals surface area contributed by atoms with E-state index in [1.807, 2.05) is 57.2 Å². The van der Waals surface area contributed by atoms with Gasteiger partial charge in [0.25, 0.3) is 5.91 Å². The predicted octanol–water partition coefficient (Wildman–Crippen LogP) is 3.28. The molecule has 0 saturated heterocycles. The van der Waals surface area contributed by atoms with E-state index in [4.69, 9.17) is 20.9 Å². The first kappa shape index (κ1) is 30.6. The van der Waals surface area contributed by atoms with Gasteiger partial charge in [-0.25, -0.2) is 5.01 Å². The first-order valence-corrected chi connectivity index (χ1v) is 13.6. The summed E-state index contributed by atoms with van der Waals surface area (Å²) in [6, 6.07) is 10.4. The van der Waals surface area contributed by atoms with Crippen molar-refractivity contribution in [3.63, 3.8) is 0 Å². The molecule has 1 aliphatic carbocycles. The molecule has 1 amide bonds. The molecule has 1 aliphatic rings. The lowest BCUT2D eigenvalue weighted by Gasteiger charge is -2.33. The summed E-state index contributed by atoms with van der Waals surface area (Å²) in [5.74, 6) is 1.83. The van der Waals surface area contributed by atoms with Crippen molar-refractivity contribution in [1.82, 2.24) is 15.4 Å². The van der Waals surface area contributed by atoms with Crippen molar-refractivity contribution < 1.29 is 19.4 Å². The summed E-state index contributed by atoms with van der Waals surface area (Å²) in [6.07, 6.45) is 8.24. The van der Waals surface area contributed by atoms with Crippen LogP contribution < -0.4 is 21.6 Å². The van der Waals surface area contributed by atoms with Crippen LogP contribution in [0.3, 0.4) is 0 Å². The van der Waals surface area contributed by atoms with E-state index < -0.39 is 23.6 Å². The minimum Gasteiger partial charge on any atom is -0.501 e. The van der Waals surface area contributed by atoms with Gasteiger partial charge in [-0.1, -0.05) is 39.0 Å². The Morgan fingerprint density at radius 1 is 1.21 bits per heavy atom. The average Bonchev–Trinajstić information content (AvgIpc) is 2.92. The van der Waals surface area contributed by atoms with E-state index in [0.29, 0.717) is 25.5 Å².